The van der Waals surface area contributed by atoms with Gasteiger partial charge >= 0.3 is 0 Å². The Balaban J connectivity index is 1.63. The summed E-state index contributed by atoms with van der Waals surface area (Å²) in [6.45, 7) is 3.28. The van der Waals surface area contributed by atoms with E-state index in [1.165, 1.54) is 17.0 Å². The molecule has 4 rings (SSSR count). The molecule has 0 spiro atoms. The molecule has 40 heavy (non-hydrogen) atoms. The number of anilines is 1. The highest BCUT2D eigenvalue weighted by Gasteiger charge is 2.33. The fraction of sp³-hybridized carbons (Fsp3) is 0.355. The lowest BCUT2D eigenvalue weighted by molar-refractivity contribution is -0.139. The lowest BCUT2D eigenvalue weighted by Crippen LogP contribution is -2.53. The van der Waals surface area contributed by atoms with E-state index in [2.05, 4.69) is 5.32 Å². The molecule has 3 aromatic rings. The highest BCUT2D eigenvalue weighted by molar-refractivity contribution is 7.92. The summed E-state index contributed by atoms with van der Waals surface area (Å²) in [5, 5.41) is 3.06. The van der Waals surface area contributed by atoms with Crippen LogP contribution in [0.2, 0.25) is 0 Å². The van der Waals surface area contributed by atoms with Gasteiger partial charge in [-0.2, -0.15) is 0 Å². The van der Waals surface area contributed by atoms with E-state index in [0.29, 0.717) is 12.1 Å². The molecule has 2 amide bonds. The van der Waals surface area contributed by atoms with Crippen LogP contribution in [0.3, 0.4) is 0 Å². The average Bonchev–Trinajstić information content (AvgIpc) is 3.46. The monoisotopic (exact) mass is 565 g/mol. The maximum absolute atomic E-state index is 13.9. The van der Waals surface area contributed by atoms with Crippen LogP contribution < -0.4 is 9.62 Å². The standard InChI is InChI=1S/C31H36FN3O4S/c1-23-12-16-28(17-13-23)35(40(38,39)29-18-14-26(32)15-19-29)22-30(36)34(21-20-25-8-4-3-5-9-25)24(2)31(37)33-27-10-6-7-11-27/h3-5,8-9,12-19,24,27H,6-7,10-11,20-22H2,1-2H3,(H,33,37)/t24-/m1/s1. The van der Waals surface area contributed by atoms with Crippen LogP contribution in [-0.2, 0) is 26.0 Å². The van der Waals surface area contributed by atoms with Crippen molar-refractivity contribution in [2.75, 3.05) is 17.4 Å². The number of aryl methyl sites for hydroxylation is 1. The van der Waals surface area contributed by atoms with Gasteiger partial charge in [0.1, 0.15) is 18.4 Å². The highest BCUT2D eigenvalue weighted by Crippen LogP contribution is 2.25. The van der Waals surface area contributed by atoms with E-state index >= 15 is 0 Å². The van der Waals surface area contributed by atoms with E-state index in [1.807, 2.05) is 37.3 Å². The first-order valence-electron chi connectivity index (χ1n) is 13.6. The highest BCUT2D eigenvalue weighted by atomic mass is 32.2. The van der Waals surface area contributed by atoms with Crippen molar-refractivity contribution < 1.29 is 22.4 Å². The molecule has 0 unspecified atom stereocenters. The summed E-state index contributed by atoms with van der Waals surface area (Å²) < 4.78 is 42.1. The van der Waals surface area contributed by atoms with Crippen LogP contribution in [0, 0.1) is 12.7 Å². The number of amides is 2. The normalized spacial score (nSPS) is 14.5. The van der Waals surface area contributed by atoms with Gasteiger partial charge in [0, 0.05) is 12.6 Å². The summed E-state index contributed by atoms with van der Waals surface area (Å²) in [4.78, 5) is 28.5. The number of nitrogens with zero attached hydrogens (tertiary/aromatic N) is 2. The van der Waals surface area contributed by atoms with Crippen molar-refractivity contribution in [1.29, 1.82) is 0 Å². The number of halogens is 1. The maximum atomic E-state index is 13.9. The summed E-state index contributed by atoms with van der Waals surface area (Å²) in [6.07, 6.45) is 4.44. The Hall–Kier alpha value is -3.72. The first kappa shape index (κ1) is 29.3. The molecule has 9 heteroatoms. The predicted octanol–water partition coefficient (Wildman–Crippen LogP) is 4.85. The number of nitrogens with one attached hydrogen (secondary N) is 1. The third-order valence-electron chi connectivity index (χ3n) is 7.36. The Morgan fingerprint density at radius 2 is 1.57 bits per heavy atom. The van der Waals surface area contributed by atoms with Gasteiger partial charge in [0.05, 0.1) is 10.6 Å². The molecular weight excluding hydrogens is 529 g/mol. The Morgan fingerprint density at radius 1 is 0.950 bits per heavy atom. The molecule has 1 N–H and O–H groups in total. The summed E-state index contributed by atoms with van der Waals surface area (Å²) in [5.74, 6) is -1.32. The van der Waals surface area contributed by atoms with Crippen molar-refractivity contribution in [2.45, 2.75) is 62.9 Å². The zero-order chi connectivity index (χ0) is 28.7. The average molecular weight is 566 g/mol. The van der Waals surface area contributed by atoms with Gasteiger partial charge in [0.2, 0.25) is 11.8 Å². The van der Waals surface area contributed by atoms with E-state index in [-0.39, 0.29) is 23.4 Å². The summed E-state index contributed by atoms with van der Waals surface area (Å²) in [6, 6.07) is 20.2. The molecule has 0 bridgehead atoms. The van der Waals surface area contributed by atoms with E-state index < -0.39 is 34.3 Å². The van der Waals surface area contributed by atoms with Crippen LogP contribution in [0.5, 0.6) is 0 Å². The van der Waals surface area contributed by atoms with Crippen LogP contribution in [0.4, 0.5) is 10.1 Å². The van der Waals surface area contributed by atoms with Crippen molar-refractivity contribution in [3.63, 3.8) is 0 Å². The maximum Gasteiger partial charge on any atom is 0.264 e. The number of hydrogen-bond donors (Lipinski definition) is 1. The molecule has 1 aliphatic carbocycles. The summed E-state index contributed by atoms with van der Waals surface area (Å²) >= 11 is 0. The van der Waals surface area contributed by atoms with Gasteiger partial charge in [0.15, 0.2) is 0 Å². The SMILES string of the molecule is Cc1ccc(N(CC(=O)N(CCc2ccccc2)[C@H](C)C(=O)NC2CCCC2)S(=O)(=O)c2ccc(F)cc2)cc1. The largest absolute Gasteiger partial charge is 0.352 e. The van der Waals surface area contributed by atoms with Crippen LogP contribution in [0.15, 0.2) is 83.8 Å². The Bertz CT molecular complexity index is 1390. The zero-order valence-corrected chi connectivity index (χ0v) is 23.7. The summed E-state index contributed by atoms with van der Waals surface area (Å²) in [7, 11) is -4.23. The lowest BCUT2D eigenvalue weighted by atomic mass is 10.1. The molecule has 0 heterocycles. The van der Waals surface area contributed by atoms with E-state index in [1.54, 1.807) is 31.2 Å². The molecule has 1 fully saturated rings. The molecule has 0 saturated heterocycles. The smallest absolute Gasteiger partial charge is 0.264 e. The number of benzene rings is 3. The minimum absolute atomic E-state index is 0.0870. The number of carbonyl (C=O) groups excluding carboxylic acids is 2. The van der Waals surface area contributed by atoms with Crippen LogP contribution in [0.25, 0.3) is 0 Å². The molecule has 212 valence electrons. The molecule has 7 nitrogen and oxygen atoms in total. The van der Waals surface area contributed by atoms with E-state index in [0.717, 1.165) is 53.2 Å². The Morgan fingerprint density at radius 3 is 2.20 bits per heavy atom. The Labute approximate surface area is 236 Å². The number of rotatable bonds is 11. The number of sulfonamides is 1. The third-order valence-corrected chi connectivity index (χ3v) is 9.14. The number of carbonyl (C=O) groups is 2. The van der Waals surface area contributed by atoms with Gasteiger partial charge in [-0.05, 0) is 75.1 Å². The molecule has 0 aromatic heterocycles. The third kappa shape index (κ3) is 7.27. The predicted molar refractivity (Wildman–Crippen MR) is 154 cm³/mol. The second kappa shape index (κ2) is 13.1. The van der Waals surface area contributed by atoms with E-state index in [4.69, 9.17) is 0 Å². The van der Waals surface area contributed by atoms with Crippen molar-refractivity contribution in [2.24, 2.45) is 0 Å². The molecule has 1 saturated carbocycles. The minimum atomic E-state index is -4.23. The fourth-order valence-corrected chi connectivity index (χ4v) is 6.35. The minimum Gasteiger partial charge on any atom is -0.352 e. The molecule has 0 aliphatic heterocycles. The molecule has 1 aliphatic rings. The Kier molecular flexibility index (Phi) is 9.58. The van der Waals surface area contributed by atoms with Crippen LogP contribution in [0.1, 0.15) is 43.7 Å². The van der Waals surface area contributed by atoms with Crippen LogP contribution >= 0.6 is 0 Å². The quantitative estimate of drug-likeness (QED) is 0.360. The van der Waals surface area contributed by atoms with E-state index in [9.17, 15) is 22.4 Å². The van der Waals surface area contributed by atoms with Gasteiger partial charge in [-0.3, -0.25) is 13.9 Å². The van der Waals surface area contributed by atoms with Gasteiger partial charge < -0.3 is 10.2 Å². The molecule has 1 atom stereocenters. The summed E-state index contributed by atoms with van der Waals surface area (Å²) in [5.41, 5.74) is 2.23. The first-order chi connectivity index (χ1) is 19.1. The zero-order valence-electron chi connectivity index (χ0n) is 22.9. The van der Waals surface area contributed by atoms with Crippen molar-refractivity contribution in [3.8, 4) is 0 Å². The number of hydrogen-bond acceptors (Lipinski definition) is 4. The van der Waals surface area contributed by atoms with Gasteiger partial charge in [-0.25, -0.2) is 12.8 Å². The molecular formula is C31H36FN3O4S. The van der Waals surface area contributed by atoms with Gasteiger partial charge in [-0.1, -0.05) is 60.9 Å². The second-order valence-corrected chi connectivity index (χ2v) is 12.2. The molecule has 3 aromatic carbocycles. The second-order valence-electron chi connectivity index (χ2n) is 10.3. The van der Waals surface area contributed by atoms with Crippen LogP contribution in [-0.4, -0.2) is 50.3 Å². The molecule has 0 radical (unpaired) electrons. The topological polar surface area (TPSA) is 86.8 Å². The van der Waals surface area contributed by atoms with Gasteiger partial charge in [0.25, 0.3) is 10.0 Å². The lowest BCUT2D eigenvalue weighted by Gasteiger charge is -2.32. The van der Waals surface area contributed by atoms with Crippen molar-refractivity contribution >= 4 is 27.5 Å². The van der Waals surface area contributed by atoms with Crippen molar-refractivity contribution in [3.05, 3.63) is 95.8 Å². The van der Waals surface area contributed by atoms with Gasteiger partial charge in [-0.15, -0.1) is 0 Å². The van der Waals surface area contributed by atoms with Crippen molar-refractivity contribution in [1.82, 2.24) is 10.2 Å². The first-order valence-corrected chi connectivity index (χ1v) is 15.1. The fourth-order valence-electron chi connectivity index (χ4n) is 4.94.